The van der Waals surface area contributed by atoms with Crippen molar-refractivity contribution in [1.29, 1.82) is 0 Å². The third-order valence-electron chi connectivity index (χ3n) is 14.1. The summed E-state index contributed by atoms with van der Waals surface area (Å²) in [5, 5.41) is 2.67. The third-order valence-corrected chi connectivity index (χ3v) is 15.3. The number of rotatable bonds is 6. The van der Waals surface area contributed by atoms with E-state index in [1.54, 1.807) is 0 Å². The molecular weight excluding hydrogens is 816 g/mol. The number of thiophene rings is 1. The molecule has 0 N–H and O–H groups in total. The number of allylic oxidation sites excluding steroid dienone is 3. The van der Waals surface area contributed by atoms with Crippen LogP contribution < -0.4 is 26.2 Å². The van der Waals surface area contributed by atoms with Gasteiger partial charge in [-0.15, -0.1) is 11.3 Å². The van der Waals surface area contributed by atoms with Crippen molar-refractivity contribution in [2.45, 2.75) is 105 Å². The molecule has 0 fully saturated rings. The van der Waals surface area contributed by atoms with Gasteiger partial charge in [-0.2, -0.15) is 0 Å². The van der Waals surface area contributed by atoms with Gasteiger partial charge < -0.3 is 9.80 Å². The van der Waals surface area contributed by atoms with E-state index in [-0.39, 0.29) is 29.0 Å². The average molecular weight is 879 g/mol. The number of benzene rings is 7. The molecule has 0 spiro atoms. The van der Waals surface area contributed by atoms with E-state index < -0.39 is 0 Å². The fourth-order valence-corrected chi connectivity index (χ4v) is 11.6. The molecular formula is C62H63BN2S. The van der Waals surface area contributed by atoms with E-state index in [0.717, 1.165) is 0 Å². The van der Waals surface area contributed by atoms with Gasteiger partial charge >= 0.3 is 0 Å². The van der Waals surface area contributed by atoms with Crippen molar-refractivity contribution in [3.05, 3.63) is 186 Å². The van der Waals surface area contributed by atoms with Crippen LogP contribution in [0, 0.1) is 6.92 Å². The standard InChI is InChI=1S/C62H63BN2S/c1-39-33-55-59-56(34-39)65(46-28-29-50(62(10,11)12)48(38-46)42-21-14-13-15-22-42)54-37-45(61(7,8)9)27-31-52(54)63(59)51-30-26-44(60(4,5)6)36-53(51)64(55)41(3)20-18-19-40(2)43-25-32-58-49(35-43)47-23-16-17-24-57(47)66-58/h13-38,41H,1-12H3/b20-18-,40-19+/t41-/m0/s1. The summed E-state index contributed by atoms with van der Waals surface area (Å²) in [6.45, 7) is 28.0. The Morgan fingerprint density at radius 3 is 1.92 bits per heavy atom. The van der Waals surface area contributed by atoms with Crippen LogP contribution in [0.4, 0.5) is 28.4 Å². The summed E-state index contributed by atoms with van der Waals surface area (Å²) in [6.07, 6.45) is 6.98. The van der Waals surface area contributed by atoms with Gasteiger partial charge in [-0.25, -0.2) is 0 Å². The van der Waals surface area contributed by atoms with Crippen LogP contribution >= 0.6 is 11.3 Å². The molecule has 330 valence electrons. The van der Waals surface area contributed by atoms with Crippen molar-refractivity contribution in [1.82, 2.24) is 0 Å². The topological polar surface area (TPSA) is 6.48 Å². The lowest BCUT2D eigenvalue weighted by Gasteiger charge is -2.46. The Balaban J connectivity index is 1.16. The Labute approximate surface area is 398 Å². The Morgan fingerprint density at radius 2 is 1.23 bits per heavy atom. The van der Waals surface area contributed by atoms with Gasteiger partial charge in [0.05, 0.1) is 0 Å². The summed E-state index contributed by atoms with van der Waals surface area (Å²) in [4.78, 5) is 5.24. The zero-order valence-corrected chi connectivity index (χ0v) is 41.8. The van der Waals surface area contributed by atoms with Crippen LogP contribution in [0.2, 0.25) is 0 Å². The monoisotopic (exact) mass is 878 g/mol. The molecule has 10 rings (SSSR count). The Bertz CT molecular complexity index is 3260. The van der Waals surface area contributed by atoms with Gasteiger partial charge in [0, 0.05) is 54.7 Å². The number of fused-ring (bicyclic) bond motifs is 7. The zero-order chi connectivity index (χ0) is 46.4. The minimum absolute atomic E-state index is 0.00882. The summed E-state index contributed by atoms with van der Waals surface area (Å²) in [7, 11) is 0. The van der Waals surface area contributed by atoms with E-state index >= 15 is 0 Å². The summed E-state index contributed by atoms with van der Waals surface area (Å²) in [5.41, 5.74) is 20.6. The molecule has 2 nitrogen and oxygen atoms in total. The second-order valence-electron chi connectivity index (χ2n) is 22.0. The first-order chi connectivity index (χ1) is 31.4. The molecule has 66 heavy (non-hydrogen) atoms. The molecule has 7 aromatic carbocycles. The van der Waals surface area contributed by atoms with Gasteiger partial charge in [0.25, 0.3) is 6.71 Å². The van der Waals surface area contributed by atoms with E-state index in [9.17, 15) is 0 Å². The molecule has 0 radical (unpaired) electrons. The van der Waals surface area contributed by atoms with Crippen LogP contribution in [0.5, 0.6) is 0 Å². The molecule has 2 aliphatic rings. The van der Waals surface area contributed by atoms with E-state index in [0.29, 0.717) is 0 Å². The van der Waals surface area contributed by atoms with Crippen LogP contribution in [0.3, 0.4) is 0 Å². The van der Waals surface area contributed by atoms with Crippen molar-refractivity contribution >= 4 is 88.6 Å². The predicted octanol–water partition coefficient (Wildman–Crippen LogP) is 15.7. The predicted molar refractivity (Wildman–Crippen MR) is 292 cm³/mol. The molecule has 1 aromatic heterocycles. The molecule has 0 saturated carbocycles. The lowest BCUT2D eigenvalue weighted by molar-refractivity contribution is 0.590. The average Bonchev–Trinajstić information content (AvgIpc) is 3.65. The second-order valence-corrected chi connectivity index (χ2v) is 23.1. The molecule has 0 saturated heterocycles. The molecule has 4 heteroatoms. The number of hydrogen-bond acceptors (Lipinski definition) is 3. The number of nitrogens with zero attached hydrogens (tertiary/aromatic N) is 2. The van der Waals surface area contributed by atoms with Crippen LogP contribution in [0.1, 0.15) is 104 Å². The van der Waals surface area contributed by atoms with E-state index in [1.165, 1.54) is 110 Å². The van der Waals surface area contributed by atoms with Gasteiger partial charge in [0.2, 0.25) is 0 Å². The van der Waals surface area contributed by atoms with Gasteiger partial charge in [-0.3, -0.25) is 0 Å². The first kappa shape index (κ1) is 43.8. The highest BCUT2D eigenvalue weighted by molar-refractivity contribution is 7.25. The SMILES string of the molecule is C/C(=C\C=C/[C@H](C)N1c2cc(C(C)(C)C)ccc2B2c3ccc(C(C)(C)C)cc3N(c3ccc(C(C)(C)C)c(-c4ccccc4)c3)c3cc(C)cc1c32)c1ccc2sc3ccccc3c2c1. The maximum absolute atomic E-state index is 2.64. The largest absolute Gasteiger partial charge is 0.336 e. The summed E-state index contributed by atoms with van der Waals surface area (Å²) in [5.74, 6) is 0. The van der Waals surface area contributed by atoms with Crippen molar-refractivity contribution in [3.8, 4) is 11.1 Å². The molecule has 8 aromatic rings. The highest BCUT2D eigenvalue weighted by Gasteiger charge is 2.44. The Hall–Kier alpha value is -6.10. The third kappa shape index (κ3) is 7.62. The fourth-order valence-electron chi connectivity index (χ4n) is 10.5. The first-order valence-corrected chi connectivity index (χ1v) is 24.7. The smallest absolute Gasteiger partial charge is 0.252 e. The molecule has 3 heterocycles. The van der Waals surface area contributed by atoms with Crippen molar-refractivity contribution in [2.24, 2.45) is 0 Å². The number of anilines is 5. The van der Waals surface area contributed by atoms with Crippen molar-refractivity contribution in [3.63, 3.8) is 0 Å². The quantitative estimate of drug-likeness (QED) is 0.121. The number of aryl methyl sites for hydroxylation is 1. The Morgan fingerprint density at radius 1 is 0.591 bits per heavy atom. The van der Waals surface area contributed by atoms with Gasteiger partial charge in [-0.05, 0) is 153 Å². The molecule has 1 atom stereocenters. The van der Waals surface area contributed by atoms with E-state index in [2.05, 4.69) is 251 Å². The highest BCUT2D eigenvalue weighted by atomic mass is 32.1. The zero-order valence-electron chi connectivity index (χ0n) is 41.0. The van der Waals surface area contributed by atoms with Crippen LogP contribution in [0.15, 0.2) is 158 Å². The lowest BCUT2D eigenvalue weighted by atomic mass is 9.33. The fraction of sp³-hybridized carbons (Fsp3) is 0.258. The normalized spacial score (nSPS) is 14.5. The first-order valence-electron chi connectivity index (χ1n) is 23.9. The van der Waals surface area contributed by atoms with Gasteiger partial charge in [-0.1, -0.05) is 165 Å². The lowest BCUT2D eigenvalue weighted by Crippen LogP contribution is -2.62. The Kier molecular flexibility index (Phi) is 10.7. The van der Waals surface area contributed by atoms with Crippen LogP contribution in [-0.4, -0.2) is 12.8 Å². The summed E-state index contributed by atoms with van der Waals surface area (Å²) in [6, 6.07) is 53.5. The highest BCUT2D eigenvalue weighted by Crippen LogP contribution is 2.46. The van der Waals surface area contributed by atoms with Crippen LogP contribution in [-0.2, 0) is 16.2 Å². The molecule has 0 unspecified atom stereocenters. The molecule has 0 aliphatic carbocycles. The van der Waals surface area contributed by atoms with E-state index in [4.69, 9.17) is 0 Å². The van der Waals surface area contributed by atoms with Gasteiger partial charge in [0.15, 0.2) is 0 Å². The van der Waals surface area contributed by atoms with Crippen molar-refractivity contribution < 1.29 is 0 Å². The maximum Gasteiger partial charge on any atom is 0.252 e. The minimum atomic E-state index is -0.0312. The summed E-state index contributed by atoms with van der Waals surface area (Å²) >= 11 is 1.87. The van der Waals surface area contributed by atoms with Crippen LogP contribution in [0.25, 0.3) is 36.9 Å². The van der Waals surface area contributed by atoms with Gasteiger partial charge in [0.1, 0.15) is 0 Å². The van der Waals surface area contributed by atoms with E-state index in [1.807, 2.05) is 11.3 Å². The molecule has 0 amide bonds. The molecule has 0 bridgehead atoms. The molecule has 2 aliphatic heterocycles. The van der Waals surface area contributed by atoms with Crippen molar-refractivity contribution in [2.75, 3.05) is 9.80 Å². The minimum Gasteiger partial charge on any atom is -0.336 e. The second kappa shape index (κ2) is 16.1. The maximum atomic E-state index is 2.64. The summed E-state index contributed by atoms with van der Waals surface area (Å²) < 4.78 is 2.68. The number of hydrogen-bond donors (Lipinski definition) is 0.